The third-order valence-electron chi connectivity index (χ3n) is 6.05. The molecule has 0 aliphatic carbocycles. The fourth-order valence-corrected chi connectivity index (χ4v) is 4.46. The Kier molecular flexibility index (Phi) is 4.91. The molecule has 0 spiro atoms. The molecule has 5 N–H and O–H groups in total. The number of hydrogen-bond acceptors (Lipinski definition) is 5. The Hall–Kier alpha value is -4.59. The van der Waals surface area contributed by atoms with Crippen LogP contribution >= 0.6 is 0 Å². The van der Waals surface area contributed by atoms with Crippen LogP contribution in [0, 0.1) is 0 Å². The molecular formula is C27H17F3O5. The summed E-state index contributed by atoms with van der Waals surface area (Å²) in [6.45, 7) is 0. The average Bonchev–Trinajstić information content (AvgIpc) is 2.85. The molecule has 35 heavy (non-hydrogen) atoms. The lowest BCUT2D eigenvalue weighted by atomic mass is 9.85. The molecule has 0 saturated heterocycles. The zero-order valence-electron chi connectivity index (χ0n) is 17.8. The van der Waals surface area contributed by atoms with Gasteiger partial charge in [0.05, 0.1) is 11.1 Å². The summed E-state index contributed by atoms with van der Waals surface area (Å²) in [5.41, 5.74) is 0.315. The van der Waals surface area contributed by atoms with Crippen LogP contribution in [0.15, 0.2) is 72.8 Å². The van der Waals surface area contributed by atoms with E-state index in [0.29, 0.717) is 32.7 Å². The van der Waals surface area contributed by atoms with Crippen molar-refractivity contribution >= 4 is 21.5 Å². The third-order valence-corrected chi connectivity index (χ3v) is 6.05. The van der Waals surface area contributed by atoms with Crippen molar-refractivity contribution in [3.05, 3.63) is 78.4 Å². The summed E-state index contributed by atoms with van der Waals surface area (Å²) >= 11 is 0. The lowest BCUT2D eigenvalue weighted by Gasteiger charge is -2.20. The summed E-state index contributed by atoms with van der Waals surface area (Å²) < 4.78 is 39.4. The highest BCUT2D eigenvalue weighted by molar-refractivity contribution is 6.22. The lowest BCUT2D eigenvalue weighted by Crippen LogP contribution is -2.04. The SMILES string of the molecule is Oc1c(O)c(O)c(-c2c3ccccc3c(-c3ccc(C(F)(F)F)cc3)c3ccccc23)c(O)c1O. The number of aromatic hydroxyl groups is 5. The maximum Gasteiger partial charge on any atom is 0.416 e. The molecule has 176 valence electrons. The Balaban J connectivity index is 1.94. The van der Waals surface area contributed by atoms with Gasteiger partial charge in [0.25, 0.3) is 0 Å². The molecular weight excluding hydrogens is 461 g/mol. The van der Waals surface area contributed by atoms with Crippen LogP contribution in [-0.4, -0.2) is 25.5 Å². The van der Waals surface area contributed by atoms with E-state index < -0.39 is 40.5 Å². The largest absolute Gasteiger partial charge is 0.504 e. The molecule has 5 aromatic rings. The van der Waals surface area contributed by atoms with E-state index in [1.807, 2.05) is 0 Å². The van der Waals surface area contributed by atoms with Crippen molar-refractivity contribution in [2.45, 2.75) is 6.18 Å². The molecule has 0 fully saturated rings. The normalized spacial score (nSPS) is 11.9. The van der Waals surface area contributed by atoms with Gasteiger partial charge in [0.2, 0.25) is 17.2 Å². The van der Waals surface area contributed by atoms with Crippen molar-refractivity contribution in [3.8, 4) is 51.0 Å². The number of phenolic OH excluding ortho intramolecular Hbond substituents is 5. The van der Waals surface area contributed by atoms with E-state index in [1.165, 1.54) is 12.1 Å². The molecule has 0 amide bonds. The Morgan fingerprint density at radius 3 is 1.20 bits per heavy atom. The molecule has 0 bridgehead atoms. The predicted molar refractivity (Wildman–Crippen MR) is 126 cm³/mol. The maximum atomic E-state index is 13.1. The minimum absolute atomic E-state index is 0.257. The maximum absolute atomic E-state index is 13.1. The van der Waals surface area contributed by atoms with E-state index in [1.54, 1.807) is 48.5 Å². The summed E-state index contributed by atoms with van der Waals surface area (Å²) in [7, 11) is 0. The van der Waals surface area contributed by atoms with Gasteiger partial charge in [-0.05, 0) is 44.8 Å². The number of alkyl halides is 3. The predicted octanol–water partition coefficient (Wildman–Crippen LogP) is 6.87. The fourth-order valence-electron chi connectivity index (χ4n) is 4.46. The van der Waals surface area contributed by atoms with Gasteiger partial charge in [0.15, 0.2) is 11.5 Å². The minimum Gasteiger partial charge on any atom is -0.504 e. The second kappa shape index (κ2) is 7.73. The van der Waals surface area contributed by atoms with E-state index >= 15 is 0 Å². The van der Waals surface area contributed by atoms with Crippen LogP contribution < -0.4 is 0 Å². The Bertz CT molecular complexity index is 1540. The highest BCUT2D eigenvalue weighted by Crippen LogP contribution is 2.57. The standard InChI is InChI=1S/C27H17F3O5/c28-27(29,30)14-11-9-13(10-12-14)19-15-5-1-3-7-17(15)20(18-8-4-2-6-16(18)19)21-22(31)24(33)26(35)25(34)23(21)32/h1-12,31-35H. The van der Waals surface area contributed by atoms with Gasteiger partial charge in [0, 0.05) is 5.56 Å². The Morgan fingerprint density at radius 1 is 0.429 bits per heavy atom. The van der Waals surface area contributed by atoms with Crippen molar-refractivity contribution in [1.82, 2.24) is 0 Å². The van der Waals surface area contributed by atoms with Crippen molar-refractivity contribution in [2.24, 2.45) is 0 Å². The van der Waals surface area contributed by atoms with Gasteiger partial charge in [-0.1, -0.05) is 60.7 Å². The van der Waals surface area contributed by atoms with E-state index in [4.69, 9.17) is 0 Å². The highest BCUT2D eigenvalue weighted by atomic mass is 19.4. The van der Waals surface area contributed by atoms with Crippen LogP contribution in [0.5, 0.6) is 28.7 Å². The summed E-state index contributed by atoms with van der Waals surface area (Å²) in [6.07, 6.45) is -4.48. The van der Waals surface area contributed by atoms with Crippen molar-refractivity contribution in [3.63, 3.8) is 0 Å². The quantitative estimate of drug-likeness (QED) is 0.108. The summed E-state index contributed by atoms with van der Waals surface area (Å²) in [4.78, 5) is 0. The van der Waals surface area contributed by atoms with E-state index in [9.17, 15) is 38.7 Å². The Morgan fingerprint density at radius 2 is 0.800 bits per heavy atom. The van der Waals surface area contributed by atoms with Gasteiger partial charge in [-0.3, -0.25) is 0 Å². The molecule has 0 aliphatic rings. The second-order valence-electron chi connectivity index (χ2n) is 8.03. The summed E-state index contributed by atoms with van der Waals surface area (Å²) in [5.74, 6) is -4.75. The van der Waals surface area contributed by atoms with Gasteiger partial charge < -0.3 is 25.5 Å². The van der Waals surface area contributed by atoms with Gasteiger partial charge >= 0.3 is 6.18 Å². The van der Waals surface area contributed by atoms with Crippen molar-refractivity contribution in [2.75, 3.05) is 0 Å². The number of phenols is 5. The lowest BCUT2D eigenvalue weighted by molar-refractivity contribution is -0.137. The monoisotopic (exact) mass is 478 g/mol. The number of halogens is 3. The zero-order chi connectivity index (χ0) is 25.1. The van der Waals surface area contributed by atoms with E-state index in [0.717, 1.165) is 12.1 Å². The second-order valence-corrected chi connectivity index (χ2v) is 8.03. The zero-order valence-corrected chi connectivity index (χ0v) is 17.8. The van der Waals surface area contributed by atoms with Crippen LogP contribution in [0.25, 0.3) is 43.8 Å². The summed E-state index contributed by atoms with van der Waals surface area (Å²) in [6, 6.07) is 18.5. The summed E-state index contributed by atoms with van der Waals surface area (Å²) in [5, 5.41) is 53.6. The smallest absolute Gasteiger partial charge is 0.416 e. The van der Waals surface area contributed by atoms with Gasteiger partial charge in [-0.15, -0.1) is 0 Å². The van der Waals surface area contributed by atoms with Gasteiger partial charge in [0.1, 0.15) is 0 Å². The van der Waals surface area contributed by atoms with E-state index in [-0.39, 0.29) is 11.1 Å². The number of rotatable bonds is 2. The molecule has 0 saturated carbocycles. The first-order chi connectivity index (χ1) is 16.6. The fraction of sp³-hybridized carbons (Fsp3) is 0.0370. The molecule has 5 rings (SSSR count). The van der Waals surface area contributed by atoms with Crippen LogP contribution in [0.4, 0.5) is 13.2 Å². The highest BCUT2D eigenvalue weighted by Gasteiger charge is 2.31. The van der Waals surface area contributed by atoms with Crippen LogP contribution in [-0.2, 0) is 6.18 Å². The van der Waals surface area contributed by atoms with Crippen LogP contribution in [0.1, 0.15) is 5.56 Å². The van der Waals surface area contributed by atoms with Gasteiger partial charge in [-0.25, -0.2) is 0 Å². The minimum atomic E-state index is -4.48. The van der Waals surface area contributed by atoms with Crippen molar-refractivity contribution in [1.29, 1.82) is 0 Å². The number of fused-ring (bicyclic) bond motifs is 2. The van der Waals surface area contributed by atoms with Gasteiger partial charge in [-0.2, -0.15) is 13.2 Å². The first-order valence-electron chi connectivity index (χ1n) is 10.4. The number of benzene rings is 5. The molecule has 0 heterocycles. The molecule has 0 aliphatic heterocycles. The molecule has 0 aromatic heterocycles. The first kappa shape index (κ1) is 22.2. The molecule has 0 unspecified atom stereocenters. The van der Waals surface area contributed by atoms with Crippen LogP contribution in [0.3, 0.4) is 0 Å². The molecule has 0 radical (unpaired) electrons. The van der Waals surface area contributed by atoms with Crippen LogP contribution in [0.2, 0.25) is 0 Å². The molecule has 5 nitrogen and oxygen atoms in total. The first-order valence-corrected chi connectivity index (χ1v) is 10.4. The van der Waals surface area contributed by atoms with Crippen molar-refractivity contribution < 1.29 is 38.7 Å². The average molecular weight is 478 g/mol. The molecule has 8 heteroatoms. The topological polar surface area (TPSA) is 101 Å². The molecule has 0 atom stereocenters. The number of hydrogen-bond donors (Lipinski definition) is 5. The third kappa shape index (κ3) is 3.33. The molecule has 5 aromatic carbocycles. The van der Waals surface area contributed by atoms with E-state index in [2.05, 4.69) is 0 Å². The Labute approximate surface area is 196 Å².